The molecule has 5 heteroatoms. The smallest absolute Gasteiger partial charge is 0.166 e. The first-order chi connectivity index (χ1) is 18.5. The minimum absolute atomic E-state index is 0.181. The van der Waals surface area contributed by atoms with Crippen LogP contribution in [0, 0.1) is 17.8 Å². The number of fused-ring (bicyclic) bond motifs is 6. The Bertz CT molecular complexity index is 1670. The highest BCUT2D eigenvalue weighted by Crippen LogP contribution is 2.70. The van der Waals surface area contributed by atoms with E-state index < -0.39 is 11.0 Å². The van der Waals surface area contributed by atoms with E-state index >= 15 is 0 Å². The number of aromatic hydroxyl groups is 1. The summed E-state index contributed by atoms with van der Waals surface area (Å²) in [5, 5.41) is 27.7. The number of hydrogen-bond acceptors (Lipinski definition) is 3. The minimum atomic E-state index is -0.908. The predicted molar refractivity (Wildman–Crippen MR) is 152 cm³/mol. The van der Waals surface area contributed by atoms with Crippen molar-refractivity contribution in [3.8, 4) is 11.5 Å². The van der Waals surface area contributed by atoms with Crippen LogP contribution in [0.1, 0.15) is 73.4 Å². The van der Waals surface area contributed by atoms with E-state index in [4.69, 9.17) is 4.74 Å². The molecule has 5 aliphatic rings. The molecule has 0 saturated heterocycles. The number of nitrogens with one attached hydrogen (secondary N) is 1. The van der Waals surface area contributed by atoms with Gasteiger partial charge < -0.3 is 19.9 Å². The topological polar surface area (TPSA) is 65.5 Å². The van der Waals surface area contributed by atoms with Crippen LogP contribution < -0.4 is 4.74 Å². The van der Waals surface area contributed by atoms with Gasteiger partial charge in [0.05, 0.1) is 22.2 Å². The van der Waals surface area contributed by atoms with Gasteiger partial charge in [-0.2, -0.15) is 0 Å². The van der Waals surface area contributed by atoms with Crippen molar-refractivity contribution in [1.82, 2.24) is 4.98 Å². The van der Waals surface area contributed by atoms with Crippen molar-refractivity contribution in [2.45, 2.75) is 74.9 Å². The normalized spacial score (nSPS) is 32.9. The first kappa shape index (κ1) is 22.3. The largest absolute Gasteiger partial charge is 0.504 e. The Hall–Kier alpha value is -2.50. The average Bonchev–Trinajstić information content (AvgIpc) is 3.55. The molecule has 3 aromatic carbocycles. The minimum Gasteiger partial charge on any atom is -0.504 e. The van der Waals surface area contributed by atoms with Crippen LogP contribution in [-0.2, 0) is 18.3 Å². The van der Waals surface area contributed by atoms with E-state index in [1.54, 1.807) is 6.07 Å². The highest BCUT2D eigenvalue weighted by Gasteiger charge is 2.70. The second-order valence-corrected chi connectivity index (χ2v) is 13.8. The first-order valence-corrected chi connectivity index (χ1v) is 15.2. The summed E-state index contributed by atoms with van der Waals surface area (Å²) in [6.45, 7) is 0. The van der Waals surface area contributed by atoms with Gasteiger partial charge in [-0.1, -0.05) is 65.5 Å². The number of rotatable bonds is 2. The van der Waals surface area contributed by atoms with Crippen LogP contribution in [-0.4, -0.2) is 20.8 Å². The molecule has 2 saturated carbocycles. The van der Waals surface area contributed by atoms with Gasteiger partial charge in [0.15, 0.2) is 17.6 Å². The van der Waals surface area contributed by atoms with Crippen molar-refractivity contribution in [3.63, 3.8) is 0 Å². The summed E-state index contributed by atoms with van der Waals surface area (Å²) >= 11 is 3.84. The van der Waals surface area contributed by atoms with E-state index in [1.807, 2.05) is 0 Å². The Morgan fingerprint density at radius 3 is 2.61 bits per heavy atom. The molecule has 4 aromatic rings. The van der Waals surface area contributed by atoms with E-state index in [9.17, 15) is 10.2 Å². The molecule has 2 heterocycles. The van der Waals surface area contributed by atoms with E-state index in [2.05, 4.69) is 57.3 Å². The fourth-order valence-corrected chi connectivity index (χ4v) is 9.79. The van der Waals surface area contributed by atoms with Crippen molar-refractivity contribution >= 4 is 37.6 Å². The summed E-state index contributed by atoms with van der Waals surface area (Å²) < 4.78 is 7.92. The maximum atomic E-state index is 13.1. The van der Waals surface area contributed by atoms with Gasteiger partial charge in [0.2, 0.25) is 0 Å². The second kappa shape index (κ2) is 7.37. The zero-order valence-corrected chi connectivity index (χ0v) is 23.0. The van der Waals surface area contributed by atoms with Crippen LogP contribution in [0.15, 0.2) is 46.9 Å². The zero-order valence-electron chi connectivity index (χ0n) is 21.4. The van der Waals surface area contributed by atoms with Crippen LogP contribution in [0.4, 0.5) is 0 Å². The summed E-state index contributed by atoms with van der Waals surface area (Å²) in [6, 6.07) is 14.6. The molecule has 3 N–H and O–H groups in total. The number of phenols is 1. The van der Waals surface area contributed by atoms with Crippen molar-refractivity contribution in [3.05, 3.63) is 69.3 Å². The molecule has 2 bridgehead atoms. The summed E-state index contributed by atoms with van der Waals surface area (Å²) in [6.07, 6.45) is 9.57. The first-order valence-electron chi connectivity index (χ1n) is 14.4. The Morgan fingerprint density at radius 2 is 1.76 bits per heavy atom. The Balaban J connectivity index is 1.32. The van der Waals surface area contributed by atoms with Gasteiger partial charge >= 0.3 is 0 Å². The van der Waals surface area contributed by atoms with Gasteiger partial charge in [0.25, 0.3) is 0 Å². The Labute approximate surface area is 230 Å². The van der Waals surface area contributed by atoms with E-state index in [0.29, 0.717) is 12.2 Å². The molecule has 2 unspecified atom stereocenters. The molecule has 0 amide bonds. The highest BCUT2D eigenvalue weighted by molar-refractivity contribution is 9.10. The average molecular weight is 571 g/mol. The number of aromatic amines is 1. The number of hydrogen-bond donors (Lipinski definition) is 3. The Kier molecular flexibility index (Phi) is 4.33. The number of halogens is 1. The maximum absolute atomic E-state index is 13.1. The summed E-state index contributed by atoms with van der Waals surface area (Å²) in [5.41, 5.74) is 4.32. The second-order valence-electron chi connectivity index (χ2n) is 12.9. The lowest BCUT2D eigenvalue weighted by molar-refractivity contribution is -0.144. The van der Waals surface area contributed by atoms with Crippen LogP contribution >= 0.6 is 15.9 Å². The van der Waals surface area contributed by atoms with Crippen molar-refractivity contribution in [1.29, 1.82) is 0 Å². The van der Waals surface area contributed by atoms with Crippen LogP contribution in [0.5, 0.6) is 11.5 Å². The van der Waals surface area contributed by atoms with Crippen LogP contribution in [0.3, 0.4) is 0 Å². The number of aromatic nitrogens is 1. The molecule has 38 heavy (non-hydrogen) atoms. The monoisotopic (exact) mass is 569 g/mol. The third-order valence-electron chi connectivity index (χ3n) is 11.1. The molecule has 4 aliphatic carbocycles. The zero-order chi connectivity index (χ0) is 25.4. The predicted octanol–water partition coefficient (Wildman–Crippen LogP) is 7.61. The van der Waals surface area contributed by atoms with E-state index in [-0.39, 0.29) is 17.8 Å². The molecule has 5 atom stereocenters. The van der Waals surface area contributed by atoms with Crippen LogP contribution in [0.2, 0.25) is 0 Å². The SMILES string of the molecule is Oc1ccc2c3c1O[C@H]1c4[nH]c5c(cc(Br)c6ccccc65)c4CC4(O)[C@H](CCC(CC5CC5)CC[C@]314)C2. The number of benzene rings is 3. The standard InChI is InChI=1S/C33H32BrNO3/c34-25-15-23-24-16-33(37)20-9-7-18(13-17-5-6-17)11-12-32(33)27-19(14-20)8-10-26(36)30(27)38-31(32)29(24)35-28(23)22-4-2-1-3-21(22)25/h1-4,8,10,15,17-18,20,31,35-37H,5-7,9,11-14,16H2/t18?,20-,31+,32+,33?/m1/s1. The fraction of sp³-hybridized carbons (Fsp3) is 0.455. The van der Waals surface area contributed by atoms with Gasteiger partial charge in [-0.25, -0.2) is 0 Å². The van der Waals surface area contributed by atoms with E-state index in [1.165, 1.54) is 53.0 Å². The number of ether oxygens (including phenoxy) is 1. The molecular formula is C33H32BrNO3. The molecule has 4 nitrogen and oxygen atoms in total. The fourth-order valence-electron chi connectivity index (χ4n) is 9.22. The molecular weight excluding hydrogens is 538 g/mol. The third-order valence-corrected chi connectivity index (χ3v) is 11.8. The molecule has 194 valence electrons. The van der Waals surface area contributed by atoms with Gasteiger partial charge in [-0.3, -0.25) is 0 Å². The lowest BCUT2D eigenvalue weighted by Gasteiger charge is -2.58. The van der Waals surface area contributed by atoms with Crippen molar-refractivity contribution in [2.75, 3.05) is 0 Å². The number of phenolic OH excluding ortho intramolecular Hbond substituents is 1. The summed E-state index contributed by atoms with van der Waals surface area (Å²) in [4.78, 5) is 3.84. The molecule has 1 aromatic heterocycles. The van der Waals surface area contributed by atoms with Gasteiger partial charge in [0.1, 0.15) is 0 Å². The highest BCUT2D eigenvalue weighted by atomic mass is 79.9. The molecule has 1 spiro atoms. The van der Waals surface area contributed by atoms with Crippen molar-refractivity contribution < 1.29 is 14.9 Å². The summed E-state index contributed by atoms with van der Waals surface area (Å²) in [5.74, 6) is 2.63. The number of H-pyrrole nitrogens is 1. The van der Waals surface area contributed by atoms with Gasteiger partial charge in [-0.15, -0.1) is 0 Å². The number of aliphatic hydroxyl groups is 1. The molecule has 0 radical (unpaired) electrons. The van der Waals surface area contributed by atoms with Gasteiger partial charge in [0, 0.05) is 27.2 Å². The molecule has 9 rings (SSSR count). The lowest BCUT2D eigenvalue weighted by atomic mass is 9.47. The molecule has 1 aliphatic heterocycles. The lowest BCUT2D eigenvalue weighted by Crippen LogP contribution is -2.65. The quantitative estimate of drug-likeness (QED) is 0.233. The van der Waals surface area contributed by atoms with Crippen LogP contribution in [0.25, 0.3) is 21.7 Å². The van der Waals surface area contributed by atoms with Crippen molar-refractivity contribution in [2.24, 2.45) is 17.8 Å². The molecule has 2 fully saturated rings. The summed E-state index contributed by atoms with van der Waals surface area (Å²) in [7, 11) is 0. The van der Waals surface area contributed by atoms with Gasteiger partial charge in [-0.05, 0) is 78.5 Å². The third kappa shape index (κ3) is 2.65. The van der Waals surface area contributed by atoms with E-state index in [0.717, 1.165) is 58.8 Å². The Morgan fingerprint density at radius 1 is 0.974 bits per heavy atom. The maximum Gasteiger partial charge on any atom is 0.166 e.